The summed E-state index contributed by atoms with van der Waals surface area (Å²) in [6.45, 7) is 1.55. The monoisotopic (exact) mass is 522 g/mol. The summed E-state index contributed by atoms with van der Waals surface area (Å²) in [5.74, 6) is -11.7. The van der Waals surface area contributed by atoms with Crippen molar-refractivity contribution in [2.45, 2.75) is 13.5 Å². The van der Waals surface area contributed by atoms with Crippen LogP contribution in [0, 0.1) is 29.1 Å². The second-order valence-corrected chi connectivity index (χ2v) is 7.99. The number of hydrogen-bond donors (Lipinski definition) is 0. The van der Waals surface area contributed by atoms with E-state index in [0.717, 1.165) is 5.56 Å². The van der Waals surface area contributed by atoms with Gasteiger partial charge in [-0.05, 0) is 36.3 Å². The molecule has 3 aromatic carbocycles. The molecule has 0 aromatic heterocycles. The second kappa shape index (κ2) is 9.98. The Kier molecular flexibility index (Phi) is 6.98. The van der Waals surface area contributed by atoms with Gasteiger partial charge in [-0.25, -0.2) is 22.0 Å². The summed E-state index contributed by atoms with van der Waals surface area (Å²) in [6, 6.07) is 12.3. The summed E-state index contributed by atoms with van der Waals surface area (Å²) in [4.78, 5) is 12.9. The molecule has 0 unspecified atom stereocenters. The van der Waals surface area contributed by atoms with Crippen molar-refractivity contribution in [2.24, 2.45) is 5.10 Å². The molecule has 0 aliphatic carbocycles. The van der Waals surface area contributed by atoms with Crippen LogP contribution in [0.4, 0.5) is 27.6 Å². The van der Waals surface area contributed by atoms with E-state index in [1.54, 1.807) is 0 Å². The van der Waals surface area contributed by atoms with Crippen LogP contribution in [0.25, 0.3) is 6.08 Å². The van der Waals surface area contributed by atoms with Gasteiger partial charge in [-0.1, -0.05) is 41.9 Å². The Labute approximate surface area is 207 Å². The molecule has 1 amide bonds. The zero-order valence-corrected chi connectivity index (χ0v) is 19.5. The van der Waals surface area contributed by atoms with Gasteiger partial charge in [0, 0.05) is 0 Å². The fourth-order valence-corrected chi connectivity index (χ4v) is 3.75. The van der Waals surface area contributed by atoms with E-state index in [-0.39, 0.29) is 39.4 Å². The molecule has 3 aromatic rings. The SMILES string of the molecule is COc1cc(/C=C2/C(=O)N(c3c(F)c(F)c(F)c(F)c3F)N=C2C)cc(Cl)c1OCc1ccccc1. The fourth-order valence-electron chi connectivity index (χ4n) is 3.47. The zero-order chi connectivity index (χ0) is 26.1. The number of hydrogen-bond acceptors (Lipinski definition) is 4. The predicted molar refractivity (Wildman–Crippen MR) is 124 cm³/mol. The van der Waals surface area contributed by atoms with Crippen LogP contribution in [0.3, 0.4) is 0 Å². The molecule has 0 bridgehead atoms. The Hall–Kier alpha value is -3.92. The molecule has 0 radical (unpaired) electrons. The summed E-state index contributed by atoms with van der Waals surface area (Å²) >= 11 is 6.38. The van der Waals surface area contributed by atoms with E-state index in [1.807, 2.05) is 30.3 Å². The van der Waals surface area contributed by atoms with Crippen LogP contribution in [0.15, 0.2) is 53.1 Å². The number of carbonyl (C=O) groups is 1. The number of anilines is 1. The Morgan fingerprint density at radius 3 is 2.19 bits per heavy atom. The van der Waals surface area contributed by atoms with Gasteiger partial charge in [0.05, 0.1) is 23.4 Å². The van der Waals surface area contributed by atoms with Crippen LogP contribution in [0.1, 0.15) is 18.1 Å². The molecule has 0 saturated heterocycles. The molecule has 0 atom stereocenters. The maximum Gasteiger partial charge on any atom is 0.280 e. The highest BCUT2D eigenvalue weighted by atomic mass is 35.5. The highest BCUT2D eigenvalue weighted by Crippen LogP contribution is 2.39. The third-order valence-corrected chi connectivity index (χ3v) is 5.53. The quantitative estimate of drug-likeness (QED) is 0.162. The number of amides is 1. The number of rotatable bonds is 6. The molecule has 1 aliphatic heterocycles. The van der Waals surface area contributed by atoms with Crippen molar-refractivity contribution in [3.8, 4) is 11.5 Å². The lowest BCUT2D eigenvalue weighted by molar-refractivity contribution is -0.114. The Morgan fingerprint density at radius 1 is 0.972 bits per heavy atom. The van der Waals surface area contributed by atoms with Gasteiger partial charge < -0.3 is 9.47 Å². The fraction of sp³-hybridized carbons (Fsp3) is 0.120. The van der Waals surface area contributed by atoms with Crippen LogP contribution in [-0.4, -0.2) is 18.7 Å². The summed E-state index contributed by atoms with van der Waals surface area (Å²) < 4.78 is 80.4. The molecule has 186 valence electrons. The number of methoxy groups -OCH3 is 1. The lowest BCUT2D eigenvalue weighted by Crippen LogP contribution is -2.25. The lowest BCUT2D eigenvalue weighted by atomic mass is 10.1. The summed E-state index contributed by atoms with van der Waals surface area (Å²) in [5.41, 5.74) is -0.433. The van der Waals surface area contributed by atoms with E-state index in [2.05, 4.69) is 5.10 Å². The third-order valence-electron chi connectivity index (χ3n) is 5.25. The minimum atomic E-state index is -2.34. The lowest BCUT2D eigenvalue weighted by Gasteiger charge is -2.15. The normalized spacial score (nSPS) is 14.4. The first kappa shape index (κ1) is 25.2. The van der Waals surface area contributed by atoms with E-state index in [1.165, 1.54) is 32.2 Å². The Morgan fingerprint density at radius 2 is 1.58 bits per heavy atom. The molecule has 4 rings (SSSR count). The standard InChI is InChI=1S/C25H16ClF5N2O3/c1-12-15(25(34)33(32-12)23-21(30)19(28)18(27)20(29)22(23)31)8-14-9-16(26)24(17(10-14)35-2)36-11-13-6-4-3-5-7-13/h3-10H,11H2,1-2H3/b15-8+. The van der Waals surface area contributed by atoms with Crippen molar-refractivity contribution < 1.29 is 36.2 Å². The first-order chi connectivity index (χ1) is 17.1. The zero-order valence-electron chi connectivity index (χ0n) is 18.7. The van der Waals surface area contributed by atoms with Crippen LogP contribution in [-0.2, 0) is 11.4 Å². The average molecular weight is 523 g/mol. The van der Waals surface area contributed by atoms with Gasteiger partial charge in [-0.15, -0.1) is 0 Å². The van der Waals surface area contributed by atoms with E-state index in [9.17, 15) is 26.7 Å². The molecule has 1 heterocycles. The summed E-state index contributed by atoms with van der Waals surface area (Å²) in [6.07, 6.45) is 1.29. The Balaban J connectivity index is 1.67. The van der Waals surface area contributed by atoms with Gasteiger partial charge in [0.25, 0.3) is 5.91 Å². The largest absolute Gasteiger partial charge is 0.493 e. The summed E-state index contributed by atoms with van der Waals surface area (Å²) in [7, 11) is 1.39. The van der Waals surface area contributed by atoms with Gasteiger partial charge >= 0.3 is 0 Å². The van der Waals surface area contributed by atoms with Gasteiger partial charge in [-0.2, -0.15) is 10.1 Å². The third kappa shape index (κ3) is 4.51. The van der Waals surface area contributed by atoms with Crippen molar-refractivity contribution in [3.05, 3.63) is 93.3 Å². The van der Waals surface area contributed by atoms with E-state index < -0.39 is 40.7 Å². The maximum atomic E-state index is 14.2. The molecule has 5 nitrogen and oxygen atoms in total. The van der Waals surface area contributed by atoms with Crippen molar-refractivity contribution in [1.82, 2.24) is 0 Å². The van der Waals surface area contributed by atoms with Crippen LogP contribution >= 0.6 is 11.6 Å². The molecule has 11 heteroatoms. The average Bonchev–Trinajstić information content (AvgIpc) is 3.14. The highest BCUT2D eigenvalue weighted by Gasteiger charge is 2.37. The number of halogens is 6. The summed E-state index contributed by atoms with van der Waals surface area (Å²) in [5, 5.41) is 3.98. The van der Waals surface area contributed by atoms with Crippen LogP contribution in [0.5, 0.6) is 11.5 Å². The van der Waals surface area contributed by atoms with Gasteiger partial charge in [0.2, 0.25) is 5.82 Å². The number of carbonyl (C=O) groups excluding carboxylic acids is 1. The second-order valence-electron chi connectivity index (χ2n) is 7.59. The van der Waals surface area contributed by atoms with E-state index >= 15 is 0 Å². The minimum Gasteiger partial charge on any atom is -0.493 e. The maximum absolute atomic E-state index is 14.2. The minimum absolute atomic E-state index is 0.0246. The topological polar surface area (TPSA) is 51.1 Å². The van der Waals surface area contributed by atoms with Gasteiger partial charge in [-0.3, -0.25) is 4.79 Å². The molecule has 0 fully saturated rings. The van der Waals surface area contributed by atoms with E-state index in [0.29, 0.717) is 5.56 Å². The first-order valence-corrected chi connectivity index (χ1v) is 10.7. The molecule has 0 N–H and O–H groups in total. The van der Waals surface area contributed by atoms with Crippen molar-refractivity contribution in [1.29, 1.82) is 0 Å². The molecular formula is C25H16ClF5N2O3. The van der Waals surface area contributed by atoms with Gasteiger partial charge in [0.15, 0.2) is 34.8 Å². The highest BCUT2D eigenvalue weighted by molar-refractivity contribution is 6.33. The first-order valence-electron chi connectivity index (χ1n) is 10.3. The van der Waals surface area contributed by atoms with Gasteiger partial charge in [0.1, 0.15) is 12.3 Å². The van der Waals surface area contributed by atoms with E-state index in [4.69, 9.17) is 21.1 Å². The number of nitrogens with zero attached hydrogens (tertiary/aromatic N) is 2. The molecular weight excluding hydrogens is 507 g/mol. The molecule has 1 aliphatic rings. The van der Waals surface area contributed by atoms with Crippen molar-refractivity contribution in [2.75, 3.05) is 12.1 Å². The molecule has 0 spiro atoms. The van der Waals surface area contributed by atoms with Crippen LogP contribution in [0.2, 0.25) is 5.02 Å². The molecule has 36 heavy (non-hydrogen) atoms. The van der Waals surface area contributed by atoms with Crippen LogP contribution < -0.4 is 14.5 Å². The number of hydrazone groups is 1. The van der Waals surface area contributed by atoms with Crippen molar-refractivity contribution in [3.63, 3.8) is 0 Å². The van der Waals surface area contributed by atoms with Crippen molar-refractivity contribution >= 4 is 35.0 Å². The molecule has 0 saturated carbocycles. The predicted octanol–water partition coefficient (Wildman–Crippen LogP) is 6.43. The Bertz CT molecular complexity index is 1400. The smallest absolute Gasteiger partial charge is 0.280 e. The number of benzene rings is 3. The number of ether oxygens (including phenoxy) is 2.